The number of ketones is 1. The van der Waals surface area contributed by atoms with Crippen molar-refractivity contribution in [1.82, 2.24) is 0 Å². The van der Waals surface area contributed by atoms with Gasteiger partial charge in [0.2, 0.25) is 0 Å². The van der Waals surface area contributed by atoms with Crippen LogP contribution in [-0.2, 0) is 16.0 Å². The Morgan fingerprint density at radius 1 is 1.20 bits per heavy atom. The maximum Gasteiger partial charge on any atom is 0.308 e. The number of Topliss-reactive ketones (excluding diaryl/α,β-unsaturated/α-hetero) is 1. The minimum absolute atomic E-state index is 0.0968. The molecule has 2 fully saturated rings. The molecular formula is C21H26O4. The van der Waals surface area contributed by atoms with Gasteiger partial charge in [-0.15, -0.1) is 0 Å². The van der Waals surface area contributed by atoms with Gasteiger partial charge in [-0.05, 0) is 61.5 Å². The molecule has 4 nitrogen and oxygen atoms in total. The SMILES string of the molecule is COc1c(OC(C)=O)ccc2c1CCC1C2CCC2(C)C(=O)CCC12. The molecule has 4 unspecified atom stereocenters. The van der Waals surface area contributed by atoms with Crippen LogP contribution in [0.1, 0.15) is 63.0 Å². The fourth-order valence-corrected chi connectivity index (χ4v) is 5.84. The van der Waals surface area contributed by atoms with Gasteiger partial charge < -0.3 is 9.47 Å². The zero-order chi connectivity index (χ0) is 17.8. The second-order valence-electron chi connectivity index (χ2n) is 8.09. The van der Waals surface area contributed by atoms with Crippen molar-refractivity contribution in [3.05, 3.63) is 23.3 Å². The third-order valence-electron chi connectivity index (χ3n) is 6.99. The third kappa shape index (κ3) is 2.41. The van der Waals surface area contributed by atoms with Crippen LogP contribution in [0.25, 0.3) is 0 Å². The molecule has 0 amide bonds. The lowest BCUT2D eigenvalue weighted by Crippen LogP contribution is -2.42. The molecule has 1 aromatic carbocycles. The number of carbonyl (C=O) groups excluding carboxylic acids is 2. The van der Waals surface area contributed by atoms with Crippen molar-refractivity contribution in [1.29, 1.82) is 0 Å². The third-order valence-corrected chi connectivity index (χ3v) is 6.99. The smallest absolute Gasteiger partial charge is 0.308 e. The molecule has 0 radical (unpaired) electrons. The second-order valence-corrected chi connectivity index (χ2v) is 8.09. The molecular weight excluding hydrogens is 316 g/mol. The van der Waals surface area contributed by atoms with Gasteiger partial charge in [0.25, 0.3) is 0 Å². The van der Waals surface area contributed by atoms with Crippen molar-refractivity contribution in [2.45, 2.75) is 58.3 Å². The van der Waals surface area contributed by atoms with E-state index in [0.29, 0.717) is 35.0 Å². The fraction of sp³-hybridized carbons (Fsp3) is 0.619. The first-order valence-corrected chi connectivity index (χ1v) is 9.37. The quantitative estimate of drug-likeness (QED) is 0.601. The maximum absolute atomic E-state index is 12.4. The summed E-state index contributed by atoms with van der Waals surface area (Å²) in [5.41, 5.74) is 2.43. The maximum atomic E-state index is 12.4. The second kappa shape index (κ2) is 5.86. The highest BCUT2D eigenvalue weighted by Crippen LogP contribution is 2.60. The van der Waals surface area contributed by atoms with Gasteiger partial charge in [-0.3, -0.25) is 9.59 Å². The fourth-order valence-electron chi connectivity index (χ4n) is 5.84. The Bertz CT molecular complexity index is 738. The van der Waals surface area contributed by atoms with Gasteiger partial charge in [-0.25, -0.2) is 0 Å². The summed E-state index contributed by atoms with van der Waals surface area (Å²) in [6.07, 6.45) is 5.87. The molecule has 25 heavy (non-hydrogen) atoms. The van der Waals surface area contributed by atoms with Crippen molar-refractivity contribution in [3.8, 4) is 11.5 Å². The van der Waals surface area contributed by atoms with E-state index in [9.17, 15) is 9.59 Å². The number of methoxy groups -OCH3 is 1. The van der Waals surface area contributed by atoms with Crippen molar-refractivity contribution in [2.75, 3.05) is 7.11 Å². The first kappa shape index (κ1) is 16.6. The molecule has 2 saturated carbocycles. The van der Waals surface area contributed by atoms with E-state index in [1.807, 2.05) is 6.07 Å². The highest BCUT2D eigenvalue weighted by Gasteiger charge is 2.54. The summed E-state index contributed by atoms with van der Waals surface area (Å²) in [5, 5.41) is 0. The molecule has 0 N–H and O–H groups in total. The standard InChI is InChI=1S/C21H26O4/c1-12(22)25-18-8-6-13-14-10-11-21(2)17(7-9-19(21)23)15(14)4-5-16(13)20(18)24-3/h6,8,14-15,17H,4-5,7,9-11H2,1-3H3. The van der Waals surface area contributed by atoms with Crippen LogP contribution in [0, 0.1) is 17.3 Å². The number of carbonyl (C=O) groups is 2. The minimum atomic E-state index is -0.329. The highest BCUT2D eigenvalue weighted by molar-refractivity contribution is 5.87. The molecule has 3 aliphatic rings. The van der Waals surface area contributed by atoms with Gasteiger partial charge in [0.15, 0.2) is 11.5 Å². The monoisotopic (exact) mass is 342 g/mol. The molecule has 0 aliphatic heterocycles. The zero-order valence-electron chi connectivity index (χ0n) is 15.3. The average Bonchev–Trinajstić information content (AvgIpc) is 2.89. The largest absolute Gasteiger partial charge is 0.493 e. The molecule has 1 aromatic rings. The number of esters is 1. The van der Waals surface area contributed by atoms with Crippen LogP contribution < -0.4 is 9.47 Å². The Kier molecular flexibility index (Phi) is 3.89. The minimum Gasteiger partial charge on any atom is -0.493 e. The molecule has 0 bridgehead atoms. The summed E-state index contributed by atoms with van der Waals surface area (Å²) in [7, 11) is 1.64. The zero-order valence-corrected chi connectivity index (χ0v) is 15.3. The van der Waals surface area contributed by atoms with Crippen LogP contribution in [0.2, 0.25) is 0 Å². The van der Waals surface area contributed by atoms with Crippen molar-refractivity contribution in [2.24, 2.45) is 17.3 Å². The van der Waals surface area contributed by atoms with Crippen molar-refractivity contribution < 1.29 is 19.1 Å². The molecule has 4 heteroatoms. The van der Waals surface area contributed by atoms with Gasteiger partial charge in [-0.2, -0.15) is 0 Å². The molecule has 0 heterocycles. The van der Waals surface area contributed by atoms with E-state index in [1.165, 1.54) is 18.1 Å². The summed E-state index contributed by atoms with van der Waals surface area (Å²) >= 11 is 0. The van der Waals surface area contributed by atoms with Crippen LogP contribution in [0.15, 0.2) is 12.1 Å². The van der Waals surface area contributed by atoms with E-state index in [2.05, 4.69) is 13.0 Å². The summed E-state index contributed by atoms with van der Waals surface area (Å²) in [4.78, 5) is 23.8. The summed E-state index contributed by atoms with van der Waals surface area (Å²) < 4.78 is 10.9. The van der Waals surface area contributed by atoms with Crippen LogP contribution in [0.4, 0.5) is 0 Å². The topological polar surface area (TPSA) is 52.6 Å². The lowest BCUT2D eigenvalue weighted by molar-refractivity contribution is -0.132. The normalized spacial score (nSPS) is 33.2. The van der Waals surface area contributed by atoms with Crippen LogP contribution in [-0.4, -0.2) is 18.9 Å². The Morgan fingerprint density at radius 2 is 2.00 bits per heavy atom. The number of rotatable bonds is 2. The lowest BCUT2D eigenvalue weighted by Gasteiger charge is -2.48. The molecule has 0 saturated heterocycles. The average molecular weight is 342 g/mol. The lowest BCUT2D eigenvalue weighted by atomic mass is 9.55. The van der Waals surface area contributed by atoms with E-state index in [1.54, 1.807) is 7.11 Å². The first-order chi connectivity index (χ1) is 12.0. The van der Waals surface area contributed by atoms with Crippen molar-refractivity contribution >= 4 is 11.8 Å². The summed E-state index contributed by atoms with van der Waals surface area (Å²) in [5.74, 6) is 2.97. The highest BCUT2D eigenvalue weighted by atomic mass is 16.6. The Morgan fingerprint density at radius 3 is 2.72 bits per heavy atom. The predicted molar refractivity (Wildman–Crippen MR) is 93.9 cm³/mol. The number of hydrogen-bond donors (Lipinski definition) is 0. The predicted octanol–water partition coefficient (Wildman–Crippen LogP) is 4.05. The van der Waals surface area contributed by atoms with Crippen LogP contribution >= 0.6 is 0 Å². The van der Waals surface area contributed by atoms with Gasteiger partial charge in [0.05, 0.1) is 7.11 Å². The van der Waals surface area contributed by atoms with Crippen LogP contribution in [0.5, 0.6) is 11.5 Å². The number of ether oxygens (including phenoxy) is 2. The van der Waals surface area contributed by atoms with E-state index >= 15 is 0 Å². The number of benzene rings is 1. The Labute approximate surface area is 148 Å². The van der Waals surface area contributed by atoms with E-state index in [4.69, 9.17) is 9.47 Å². The Hall–Kier alpha value is -1.84. The molecule has 134 valence electrons. The molecule has 0 spiro atoms. The molecule has 0 aromatic heterocycles. The van der Waals surface area contributed by atoms with Gasteiger partial charge in [0, 0.05) is 24.3 Å². The van der Waals surface area contributed by atoms with Crippen LogP contribution in [0.3, 0.4) is 0 Å². The van der Waals surface area contributed by atoms with Gasteiger partial charge >= 0.3 is 5.97 Å². The summed E-state index contributed by atoms with van der Waals surface area (Å²) in [6.45, 7) is 3.61. The van der Waals surface area contributed by atoms with Gasteiger partial charge in [-0.1, -0.05) is 13.0 Å². The number of fused-ring (bicyclic) bond motifs is 5. The molecule has 3 aliphatic carbocycles. The first-order valence-electron chi connectivity index (χ1n) is 9.37. The number of hydrogen-bond acceptors (Lipinski definition) is 4. The van der Waals surface area contributed by atoms with Crippen molar-refractivity contribution in [3.63, 3.8) is 0 Å². The molecule has 4 atom stereocenters. The molecule has 4 rings (SSSR count). The van der Waals surface area contributed by atoms with E-state index in [0.717, 1.165) is 38.5 Å². The van der Waals surface area contributed by atoms with Gasteiger partial charge in [0.1, 0.15) is 5.78 Å². The summed E-state index contributed by atoms with van der Waals surface area (Å²) in [6, 6.07) is 3.99. The van der Waals surface area contributed by atoms with E-state index < -0.39 is 0 Å². The van der Waals surface area contributed by atoms with E-state index in [-0.39, 0.29) is 11.4 Å². The Balaban J connectivity index is 1.72.